The number of aromatic nitrogens is 2. The van der Waals surface area contributed by atoms with Crippen molar-refractivity contribution in [3.8, 4) is 0 Å². The van der Waals surface area contributed by atoms with Gasteiger partial charge in [-0.2, -0.15) is 5.10 Å². The summed E-state index contributed by atoms with van der Waals surface area (Å²) in [7, 11) is 0. The maximum atomic E-state index is 12.6. The number of rotatable bonds is 3. The molecule has 0 spiro atoms. The fourth-order valence-electron chi connectivity index (χ4n) is 3.03. The first-order valence-corrected chi connectivity index (χ1v) is 8.63. The van der Waals surface area contributed by atoms with Gasteiger partial charge in [0.05, 0.1) is 30.0 Å². The molecule has 0 radical (unpaired) electrons. The van der Waals surface area contributed by atoms with Crippen LogP contribution in [0.25, 0.3) is 0 Å². The number of hydrogen-bond donors (Lipinski definition) is 1. The van der Waals surface area contributed by atoms with Crippen LogP contribution in [-0.4, -0.2) is 33.9 Å². The van der Waals surface area contributed by atoms with E-state index in [-0.39, 0.29) is 6.54 Å². The number of benzene rings is 1. The Balaban J connectivity index is 1.93. The topological polar surface area (TPSA) is 90.4 Å². The van der Waals surface area contributed by atoms with Crippen molar-refractivity contribution in [2.75, 3.05) is 11.4 Å². The van der Waals surface area contributed by atoms with Crippen molar-refractivity contribution in [3.05, 3.63) is 47.8 Å². The third-order valence-electron chi connectivity index (χ3n) is 4.25. The first-order valence-electron chi connectivity index (χ1n) is 8.63. The number of nitrogens with two attached hydrogens (primary N) is 1. The third-order valence-corrected chi connectivity index (χ3v) is 4.25. The summed E-state index contributed by atoms with van der Waals surface area (Å²) >= 11 is 0. The van der Waals surface area contributed by atoms with Crippen LogP contribution in [0.15, 0.2) is 36.5 Å². The maximum Gasteiger partial charge on any atom is 0.414 e. The van der Waals surface area contributed by atoms with Crippen LogP contribution in [0.1, 0.15) is 32.0 Å². The Labute approximate surface area is 152 Å². The zero-order chi connectivity index (χ0) is 18.9. The number of carbonyl (C=O) groups is 2. The van der Waals surface area contributed by atoms with Crippen LogP contribution in [0.4, 0.5) is 10.5 Å². The lowest BCUT2D eigenvalue weighted by Gasteiger charge is -2.33. The zero-order valence-corrected chi connectivity index (χ0v) is 15.3. The molecule has 2 aromatic rings. The smallest absolute Gasteiger partial charge is 0.414 e. The molecular weight excluding hydrogens is 332 g/mol. The highest BCUT2D eigenvalue weighted by Gasteiger charge is 2.36. The van der Waals surface area contributed by atoms with Gasteiger partial charge in [0, 0.05) is 13.0 Å². The minimum Gasteiger partial charge on any atom is -0.443 e. The third kappa shape index (κ3) is 3.87. The first-order chi connectivity index (χ1) is 12.2. The highest BCUT2D eigenvalue weighted by atomic mass is 16.6. The highest BCUT2D eigenvalue weighted by molar-refractivity contribution is 5.91. The van der Waals surface area contributed by atoms with Gasteiger partial charge in [0.25, 0.3) is 0 Å². The summed E-state index contributed by atoms with van der Waals surface area (Å²) in [6.45, 7) is 6.18. The van der Waals surface area contributed by atoms with E-state index in [1.807, 2.05) is 35.0 Å². The van der Waals surface area contributed by atoms with Crippen LogP contribution in [0, 0.1) is 5.92 Å². The van der Waals surface area contributed by atoms with E-state index in [9.17, 15) is 9.59 Å². The maximum absolute atomic E-state index is 12.6. The minimum absolute atomic E-state index is 0.203. The Hall–Kier alpha value is -2.83. The molecule has 1 aliphatic rings. The molecular formula is C19H24N4O3. The van der Waals surface area contributed by atoms with Crippen LogP contribution in [0.5, 0.6) is 0 Å². The molecule has 1 atom stereocenters. The predicted molar refractivity (Wildman–Crippen MR) is 97.7 cm³/mol. The molecule has 0 fully saturated rings. The van der Waals surface area contributed by atoms with E-state index in [1.165, 1.54) is 4.90 Å². The first kappa shape index (κ1) is 18.0. The molecule has 0 saturated carbocycles. The van der Waals surface area contributed by atoms with Crippen LogP contribution < -0.4 is 10.6 Å². The standard InChI is InChI=1S/C19H24N4O3/c1-19(2,3)26-18(25)22-12-14(17(20)24)9-15-16(22)10-21-23(15)11-13-7-5-4-6-8-13/h4-8,10,14H,9,11-12H2,1-3H3,(H2,20,24). The van der Waals surface area contributed by atoms with Crippen molar-refractivity contribution in [3.63, 3.8) is 0 Å². The van der Waals surface area contributed by atoms with Crippen molar-refractivity contribution in [2.45, 2.75) is 39.3 Å². The minimum atomic E-state index is -0.628. The van der Waals surface area contributed by atoms with Crippen molar-refractivity contribution < 1.29 is 14.3 Å². The van der Waals surface area contributed by atoms with E-state index in [0.29, 0.717) is 18.7 Å². The lowest BCUT2D eigenvalue weighted by Crippen LogP contribution is -2.46. The van der Waals surface area contributed by atoms with Crippen LogP contribution in [0.3, 0.4) is 0 Å². The van der Waals surface area contributed by atoms with Crippen LogP contribution in [-0.2, 0) is 22.5 Å². The van der Waals surface area contributed by atoms with Gasteiger partial charge in [0.15, 0.2) is 0 Å². The van der Waals surface area contributed by atoms with E-state index in [0.717, 1.165) is 11.3 Å². The number of anilines is 1. The second-order valence-corrected chi connectivity index (χ2v) is 7.51. The van der Waals surface area contributed by atoms with Crippen molar-refractivity contribution in [1.29, 1.82) is 0 Å². The lowest BCUT2D eigenvalue weighted by molar-refractivity contribution is -0.121. The number of fused-ring (bicyclic) bond motifs is 1. The lowest BCUT2D eigenvalue weighted by atomic mass is 9.96. The summed E-state index contributed by atoms with van der Waals surface area (Å²) in [5.74, 6) is -0.905. The van der Waals surface area contributed by atoms with Gasteiger partial charge in [0.1, 0.15) is 5.60 Å². The quantitative estimate of drug-likeness (QED) is 0.914. The Morgan fingerprint density at radius 3 is 2.58 bits per heavy atom. The number of carbonyl (C=O) groups excluding carboxylic acids is 2. The van der Waals surface area contributed by atoms with Gasteiger partial charge in [-0.1, -0.05) is 30.3 Å². The molecule has 3 rings (SSSR count). The molecule has 7 heteroatoms. The molecule has 2 N–H and O–H groups in total. The number of primary amides is 1. The van der Waals surface area contributed by atoms with E-state index < -0.39 is 23.5 Å². The molecule has 0 aliphatic carbocycles. The average Bonchev–Trinajstić information content (AvgIpc) is 2.96. The summed E-state index contributed by atoms with van der Waals surface area (Å²) in [6.07, 6.45) is 1.61. The second kappa shape index (κ2) is 6.82. The molecule has 1 aromatic heterocycles. The van der Waals surface area contributed by atoms with Gasteiger partial charge in [0.2, 0.25) is 5.91 Å². The van der Waals surface area contributed by atoms with Crippen molar-refractivity contribution in [1.82, 2.24) is 9.78 Å². The molecule has 2 amide bonds. The molecule has 1 aromatic carbocycles. The summed E-state index contributed by atoms with van der Waals surface area (Å²) in [6, 6.07) is 9.90. The van der Waals surface area contributed by atoms with E-state index >= 15 is 0 Å². The summed E-state index contributed by atoms with van der Waals surface area (Å²) in [5.41, 5.74) is 7.48. The monoisotopic (exact) mass is 356 g/mol. The summed E-state index contributed by atoms with van der Waals surface area (Å²) in [4.78, 5) is 25.9. The van der Waals surface area contributed by atoms with Crippen LogP contribution in [0.2, 0.25) is 0 Å². The second-order valence-electron chi connectivity index (χ2n) is 7.51. The van der Waals surface area contributed by atoms with E-state index in [4.69, 9.17) is 10.5 Å². The Morgan fingerprint density at radius 2 is 1.96 bits per heavy atom. The van der Waals surface area contributed by atoms with Crippen molar-refractivity contribution >= 4 is 17.7 Å². The van der Waals surface area contributed by atoms with Gasteiger partial charge in [-0.05, 0) is 26.3 Å². The molecule has 7 nitrogen and oxygen atoms in total. The molecule has 26 heavy (non-hydrogen) atoms. The Kier molecular flexibility index (Phi) is 4.71. The Morgan fingerprint density at radius 1 is 1.27 bits per heavy atom. The molecule has 0 bridgehead atoms. The average molecular weight is 356 g/mol. The summed E-state index contributed by atoms with van der Waals surface area (Å²) in [5, 5.41) is 4.43. The molecule has 138 valence electrons. The number of amides is 2. The van der Waals surface area contributed by atoms with Crippen LogP contribution >= 0.6 is 0 Å². The zero-order valence-electron chi connectivity index (χ0n) is 15.3. The van der Waals surface area contributed by atoms with Gasteiger partial charge < -0.3 is 10.5 Å². The highest BCUT2D eigenvalue weighted by Crippen LogP contribution is 2.31. The predicted octanol–water partition coefficient (Wildman–Crippen LogP) is 2.33. The van der Waals surface area contributed by atoms with Gasteiger partial charge in [-0.3, -0.25) is 14.4 Å². The SMILES string of the molecule is CC(C)(C)OC(=O)N1CC(C(N)=O)Cc2c1cnn2Cc1ccccc1. The van der Waals surface area contributed by atoms with Gasteiger partial charge in [-0.25, -0.2) is 4.79 Å². The fraction of sp³-hybridized carbons (Fsp3) is 0.421. The normalized spacial score (nSPS) is 16.9. The Bertz CT molecular complexity index is 808. The largest absolute Gasteiger partial charge is 0.443 e. The molecule has 0 saturated heterocycles. The van der Waals surface area contributed by atoms with Crippen molar-refractivity contribution in [2.24, 2.45) is 11.7 Å². The fourth-order valence-corrected chi connectivity index (χ4v) is 3.03. The molecule has 2 heterocycles. The number of hydrogen-bond acceptors (Lipinski definition) is 4. The number of nitrogens with zero attached hydrogens (tertiary/aromatic N) is 3. The van der Waals surface area contributed by atoms with E-state index in [1.54, 1.807) is 27.0 Å². The summed E-state index contributed by atoms with van der Waals surface area (Å²) < 4.78 is 7.30. The molecule has 1 aliphatic heterocycles. The van der Waals surface area contributed by atoms with Gasteiger partial charge >= 0.3 is 6.09 Å². The molecule has 1 unspecified atom stereocenters. The number of ether oxygens (including phenoxy) is 1. The van der Waals surface area contributed by atoms with Gasteiger partial charge in [-0.15, -0.1) is 0 Å². The van der Waals surface area contributed by atoms with E-state index in [2.05, 4.69) is 5.10 Å².